The highest BCUT2D eigenvalue weighted by Crippen LogP contribution is 2.24. The number of anilines is 1. The van der Waals surface area contributed by atoms with Gasteiger partial charge in [0, 0.05) is 10.2 Å². The van der Waals surface area contributed by atoms with E-state index < -0.39 is 10.0 Å². The first-order valence-corrected chi connectivity index (χ1v) is 7.50. The van der Waals surface area contributed by atoms with E-state index in [0.29, 0.717) is 16.0 Å². The summed E-state index contributed by atoms with van der Waals surface area (Å²) >= 11 is 3.16. The summed E-state index contributed by atoms with van der Waals surface area (Å²) in [6.07, 6.45) is 0. The van der Waals surface area contributed by atoms with Crippen LogP contribution in [0.3, 0.4) is 0 Å². The monoisotopic (exact) mass is 346 g/mol. The number of hydrogen-bond acceptors (Lipinski definition) is 6. The molecule has 0 atom stereocenters. The van der Waals surface area contributed by atoms with Crippen molar-refractivity contribution in [2.75, 3.05) is 5.73 Å². The number of aromatic nitrogens is 2. The Hall–Kier alpha value is -1.45. The van der Waals surface area contributed by atoms with E-state index in [9.17, 15) is 8.42 Å². The van der Waals surface area contributed by atoms with Gasteiger partial charge in [-0.2, -0.15) is 4.98 Å². The van der Waals surface area contributed by atoms with Crippen LogP contribution >= 0.6 is 15.9 Å². The average Bonchev–Trinajstić information content (AvgIpc) is 2.72. The van der Waals surface area contributed by atoms with Gasteiger partial charge < -0.3 is 10.3 Å². The topological polar surface area (TPSA) is 111 Å². The molecule has 0 spiro atoms. The number of hydrogen-bond donors (Lipinski definition) is 2. The van der Waals surface area contributed by atoms with Gasteiger partial charge in [-0.3, -0.25) is 0 Å². The van der Waals surface area contributed by atoms with Gasteiger partial charge >= 0.3 is 0 Å². The van der Waals surface area contributed by atoms with Crippen LogP contribution in [-0.4, -0.2) is 18.6 Å². The molecule has 2 rings (SSSR count). The van der Waals surface area contributed by atoms with Crippen molar-refractivity contribution in [2.24, 2.45) is 0 Å². The Labute approximate surface area is 118 Å². The lowest BCUT2D eigenvalue weighted by Gasteiger charge is -2.07. The molecular formula is C10H11BrN4O3S. The summed E-state index contributed by atoms with van der Waals surface area (Å²) in [4.78, 5) is 4.00. The highest BCUT2D eigenvalue weighted by atomic mass is 79.9. The van der Waals surface area contributed by atoms with Gasteiger partial charge in [-0.15, -0.1) is 0 Å². The molecule has 19 heavy (non-hydrogen) atoms. The third-order valence-corrected chi connectivity index (χ3v) is 4.61. The van der Waals surface area contributed by atoms with E-state index in [1.54, 1.807) is 6.92 Å². The minimum atomic E-state index is -3.68. The minimum absolute atomic E-state index is 0.0695. The van der Waals surface area contributed by atoms with Crippen LogP contribution in [0.5, 0.6) is 0 Å². The van der Waals surface area contributed by atoms with Gasteiger partial charge in [-0.1, -0.05) is 5.16 Å². The van der Waals surface area contributed by atoms with E-state index >= 15 is 0 Å². The molecule has 0 amide bonds. The zero-order valence-corrected chi connectivity index (χ0v) is 12.3. The smallest absolute Gasteiger partial charge is 0.242 e. The van der Waals surface area contributed by atoms with E-state index in [-0.39, 0.29) is 17.3 Å². The second-order valence-corrected chi connectivity index (χ2v) is 6.34. The van der Waals surface area contributed by atoms with Crippen molar-refractivity contribution in [3.63, 3.8) is 0 Å². The zero-order chi connectivity index (χ0) is 14.0. The van der Waals surface area contributed by atoms with Crippen molar-refractivity contribution >= 4 is 31.6 Å². The Kier molecular flexibility index (Phi) is 3.88. The number of nitrogens with two attached hydrogens (primary N) is 1. The van der Waals surface area contributed by atoms with E-state index in [4.69, 9.17) is 10.3 Å². The highest BCUT2D eigenvalue weighted by Gasteiger charge is 2.18. The molecule has 0 aliphatic rings. The number of nitrogens with one attached hydrogen (secondary N) is 1. The molecule has 0 unspecified atom stereocenters. The fourth-order valence-corrected chi connectivity index (χ4v) is 3.45. The Morgan fingerprint density at radius 2 is 2.21 bits per heavy atom. The normalized spacial score (nSPS) is 11.7. The maximum Gasteiger partial charge on any atom is 0.242 e. The number of aryl methyl sites for hydroxylation is 1. The Balaban J connectivity index is 2.18. The molecule has 9 heteroatoms. The van der Waals surface area contributed by atoms with Gasteiger partial charge in [-0.05, 0) is 41.1 Å². The molecule has 1 aromatic heterocycles. The maximum absolute atomic E-state index is 12.1. The van der Waals surface area contributed by atoms with Crippen molar-refractivity contribution in [1.82, 2.24) is 14.9 Å². The number of nitrogens with zero attached hydrogens (tertiary/aromatic N) is 2. The summed E-state index contributed by atoms with van der Waals surface area (Å²) in [5.74, 6) is 0.649. The number of sulfonamides is 1. The lowest BCUT2D eigenvalue weighted by atomic mass is 10.3. The number of halogens is 1. The largest absolute Gasteiger partial charge is 0.399 e. The quantitative estimate of drug-likeness (QED) is 0.804. The van der Waals surface area contributed by atoms with E-state index in [2.05, 4.69) is 30.8 Å². The van der Waals surface area contributed by atoms with Crippen LogP contribution in [0, 0.1) is 6.92 Å². The van der Waals surface area contributed by atoms with Crippen LogP contribution in [0.1, 0.15) is 11.7 Å². The summed E-state index contributed by atoms with van der Waals surface area (Å²) in [6.45, 7) is 1.58. The maximum atomic E-state index is 12.1. The second-order valence-electron chi connectivity index (χ2n) is 3.75. The zero-order valence-electron chi connectivity index (χ0n) is 9.92. The average molecular weight is 347 g/mol. The molecule has 7 nitrogen and oxygen atoms in total. The first kappa shape index (κ1) is 14.0. The van der Waals surface area contributed by atoms with Crippen molar-refractivity contribution in [2.45, 2.75) is 18.4 Å². The Morgan fingerprint density at radius 3 is 2.79 bits per heavy atom. The first-order valence-electron chi connectivity index (χ1n) is 5.22. The standard InChI is InChI=1S/C10H11BrN4O3S/c1-6-14-10(18-15-6)5-13-19(16,17)9-3-2-7(12)4-8(9)11/h2-4,13H,5,12H2,1H3. The number of nitrogen functional groups attached to an aromatic ring is 1. The highest BCUT2D eigenvalue weighted by molar-refractivity contribution is 9.10. The van der Waals surface area contributed by atoms with Crippen molar-refractivity contribution < 1.29 is 12.9 Å². The molecule has 0 aliphatic heterocycles. The molecule has 1 aromatic carbocycles. The third kappa shape index (κ3) is 3.31. The molecule has 0 radical (unpaired) electrons. The summed E-state index contributed by atoms with van der Waals surface area (Å²) in [7, 11) is -3.68. The number of rotatable bonds is 4. The molecule has 0 aliphatic carbocycles. The van der Waals surface area contributed by atoms with Crippen LogP contribution in [0.4, 0.5) is 5.69 Å². The molecule has 0 saturated carbocycles. The molecule has 0 fully saturated rings. The van der Waals surface area contributed by atoms with Crippen LogP contribution in [0.2, 0.25) is 0 Å². The fourth-order valence-electron chi connectivity index (χ4n) is 1.38. The molecular weight excluding hydrogens is 336 g/mol. The van der Waals surface area contributed by atoms with Gasteiger partial charge in [0.2, 0.25) is 15.9 Å². The predicted octanol–water partition coefficient (Wildman–Crippen LogP) is 1.20. The van der Waals surface area contributed by atoms with Crippen LogP contribution in [-0.2, 0) is 16.6 Å². The lowest BCUT2D eigenvalue weighted by Crippen LogP contribution is -2.23. The first-order chi connectivity index (χ1) is 8.88. The molecule has 1 heterocycles. The van der Waals surface area contributed by atoms with Crippen LogP contribution in [0.15, 0.2) is 32.1 Å². The summed E-state index contributed by atoms with van der Waals surface area (Å²) < 4.78 is 31.7. The molecule has 2 aromatic rings. The van der Waals surface area contributed by atoms with Crippen LogP contribution in [0.25, 0.3) is 0 Å². The lowest BCUT2D eigenvalue weighted by molar-refractivity contribution is 0.372. The molecule has 3 N–H and O–H groups in total. The summed E-state index contributed by atoms with van der Waals surface area (Å²) in [5, 5.41) is 3.57. The summed E-state index contributed by atoms with van der Waals surface area (Å²) in [6, 6.07) is 4.45. The van der Waals surface area contributed by atoms with Gasteiger partial charge in [-0.25, -0.2) is 13.1 Å². The van der Waals surface area contributed by atoms with E-state index in [1.165, 1.54) is 18.2 Å². The van der Waals surface area contributed by atoms with Crippen LogP contribution < -0.4 is 10.5 Å². The molecule has 102 valence electrons. The van der Waals surface area contributed by atoms with E-state index in [0.717, 1.165) is 0 Å². The predicted molar refractivity (Wildman–Crippen MR) is 71.6 cm³/mol. The molecule has 0 bridgehead atoms. The van der Waals surface area contributed by atoms with Gasteiger partial charge in [0.1, 0.15) is 0 Å². The second kappa shape index (κ2) is 5.27. The fraction of sp³-hybridized carbons (Fsp3) is 0.200. The van der Waals surface area contributed by atoms with E-state index in [1.807, 2.05) is 0 Å². The van der Waals surface area contributed by atoms with Crippen molar-refractivity contribution in [3.8, 4) is 0 Å². The van der Waals surface area contributed by atoms with Crippen molar-refractivity contribution in [3.05, 3.63) is 34.4 Å². The number of benzene rings is 1. The van der Waals surface area contributed by atoms with Gasteiger partial charge in [0.05, 0.1) is 11.4 Å². The van der Waals surface area contributed by atoms with Gasteiger partial charge in [0.15, 0.2) is 5.82 Å². The Morgan fingerprint density at radius 1 is 1.47 bits per heavy atom. The van der Waals surface area contributed by atoms with Crippen molar-refractivity contribution in [1.29, 1.82) is 0 Å². The van der Waals surface area contributed by atoms with Gasteiger partial charge in [0.25, 0.3) is 0 Å². The third-order valence-electron chi connectivity index (χ3n) is 2.23. The summed E-state index contributed by atoms with van der Waals surface area (Å²) in [5.41, 5.74) is 6.03. The molecule has 0 saturated heterocycles. The minimum Gasteiger partial charge on any atom is -0.399 e. The SMILES string of the molecule is Cc1noc(CNS(=O)(=O)c2ccc(N)cc2Br)n1. The Bertz CT molecular complexity index is 699.